The fraction of sp³-hybridized carbons (Fsp3) is 0.500. The van der Waals surface area contributed by atoms with Crippen LogP contribution in [0.3, 0.4) is 0 Å². The van der Waals surface area contributed by atoms with Gasteiger partial charge in [0.15, 0.2) is 11.5 Å². The lowest BCUT2D eigenvalue weighted by atomic mass is 9.71. The Morgan fingerprint density at radius 1 is 0.978 bits per heavy atom. The van der Waals surface area contributed by atoms with Crippen molar-refractivity contribution in [3.63, 3.8) is 0 Å². The zero-order valence-electron chi connectivity index (χ0n) is 25.9. The van der Waals surface area contributed by atoms with Gasteiger partial charge in [-0.2, -0.15) is 12.4 Å². The van der Waals surface area contributed by atoms with Crippen LogP contribution in [0.25, 0.3) is 0 Å². The summed E-state index contributed by atoms with van der Waals surface area (Å²) < 4.78 is 12.4. The van der Waals surface area contributed by atoms with Crippen molar-refractivity contribution < 1.29 is 40.1 Å². The molecule has 7 unspecified atom stereocenters. The van der Waals surface area contributed by atoms with Gasteiger partial charge in [0, 0.05) is 34.9 Å². The molecule has 2 heterocycles. The van der Waals surface area contributed by atoms with Crippen LogP contribution < -0.4 is 9.72 Å². The highest BCUT2D eigenvalue weighted by atomic mass is 16.5. The summed E-state index contributed by atoms with van der Waals surface area (Å²) in [5.41, 5.74) is 5.01. The second-order valence-electron chi connectivity index (χ2n) is 13.1. The first kappa shape index (κ1) is 31.5. The molecule has 2 fully saturated rings. The third-order valence-electron chi connectivity index (χ3n) is 10.4. The van der Waals surface area contributed by atoms with Crippen LogP contribution >= 0.6 is 0 Å². The molecule has 6 rings (SSSR count). The van der Waals surface area contributed by atoms with E-state index >= 15 is 0 Å². The van der Waals surface area contributed by atoms with Gasteiger partial charge in [0.05, 0.1) is 38.6 Å². The number of aliphatic hydroxyl groups excluding tert-OH is 3. The number of benzene rings is 2. The SMILES string of the molecule is COc1c(O)c(O)c(CO)c(C2CC(O)C3CCC(c4ccc(O)c(C5CC(C)CC=C5CO)c4)CC3O2)c1Cc1cc[n-]c1. The summed E-state index contributed by atoms with van der Waals surface area (Å²) in [6.07, 6.45) is 8.57. The van der Waals surface area contributed by atoms with E-state index in [1.54, 1.807) is 18.5 Å². The molecule has 6 N–H and O–H groups in total. The molecular formula is C36H44NO8-. The minimum Gasteiger partial charge on any atom is -0.670 e. The molecule has 0 radical (unpaired) electrons. The van der Waals surface area contributed by atoms with Gasteiger partial charge in [-0.05, 0) is 73.1 Å². The predicted octanol–water partition coefficient (Wildman–Crippen LogP) is 5.06. The number of nitrogens with zero attached hydrogens (tertiary/aromatic N) is 1. The number of rotatable bonds is 8. The van der Waals surface area contributed by atoms with Crippen molar-refractivity contribution in [3.05, 3.63) is 81.7 Å². The third kappa shape index (κ3) is 5.94. The highest BCUT2D eigenvalue weighted by Gasteiger charge is 2.44. The lowest BCUT2D eigenvalue weighted by Gasteiger charge is -2.46. The molecule has 7 atom stereocenters. The van der Waals surface area contributed by atoms with Crippen LogP contribution in [0.1, 0.15) is 96.8 Å². The van der Waals surface area contributed by atoms with Gasteiger partial charge in [-0.1, -0.05) is 36.8 Å². The van der Waals surface area contributed by atoms with E-state index in [1.165, 1.54) is 7.11 Å². The lowest BCUT2D eigenvalue weighted by Crippen LogP contribution is -2.44. The molecule has 1 saturated heterocycles. The lowest BCUT2D eigenvalue weighted by molar-refractivity contribution is -0.154. The Hall–Kier alpha value is -3.50. The first-order chi connectivity index (χ1) is 21.7. The highest BCUT2D eigenvalue weighted by molar-refractivity contribution is 5.64. The molecule has 45 heavy (non-hydrogen) atoms. The van der Waals surface area contributed by atoms with Gasteiger partial charge in [0.1, 0.15) is 5.75 Å². The average Bonchev–Trinajstić information content (AvgIpc) is 3.56. The van der Waals surface area contributed by atoms with E-state index in [4.69, 9.17) is 9.47 Å². The average molecular weight is 619 g/mol. The minimum atomic E-state index is -0.659. The molecule has 2 aliphatic carbocycles. The monoisotopic (exact) mass is 618 g/mol. The Kier molecular flexibility index (Phi) is 9.15. The number of hydrogen-bond donors (Lipinski definition) is 6. The molecule has 242 valence electrons. The molecule has 0 spiro atoms. The van der Waals surface area contributed by atoms with Crippen molar-refractivity contribution in [2.24, 2.45) is 11.8 Å². The van der Waals surface area contributed by atoms with Gasteiger partial charge in [-0.3, -0.25) is 0 Å². The predicted molar refractivity (Wildman–Crippen MR) is 168 cm³/mol. The summed E-state index contributed by atoms with van der Waals surface area (Å²) in [6, 6.07) is 7.66. The first-order valence-corrected chi connectivity index (χ1v) is 16.0. The number of aromatic nitrogens is 1. The maximum Gasteiger partial charge on any atom is 0.201 e. The van der Waals surface area contributed by atoms with E-state index in [1.807, 2.05) is 12.1 Å². The molecule has 9 nitrogen and oxygen atoms in total. The van der Waals surface area contributed by atoms with Crippen LogP contribution in [0.4, 0.5) is 0 Å². The van der Waals surface area contributed by atoms with Crippen molar-refractivity contribution in [1.82, 2.24) is 4.98 Å². The van der Waals surface area contributed by atoms with Gasteiger partial charge in [-0.25, -0.2) is 0 Å². The van der Waals surface area contributed by atoms with Crippen LogP contribution in [0.2, 0.25) is 0 Å². The number of aliphatic hydroxyl groups is 3. The van der Waals surface area contributed by atoms with Gasteiger partial charge >= 0.3 is 0 Å². The zero-order chi connectivity index (χ0) is 31.8. The first-order valence-electron chi connectivity index (χ1n) is 16.0. The van der Waals surface area contributed by atoms with E-state index in [2.05, 4.69) is 24.1 Å². The fourth-order valence-corrected chi connectivity index (χ4v) is 8.05. The summed E-state index contributed by atoms with van der Waals surface area (Å²) in [5.74, 6) is -0.0636. The van der Waals surface area contributed by atoms with E-state index in [0.717, 1.165) is 47.9 Å². The number of phenolic OH excluding ortho intramolecular Hbond substituents is 2. The number of methoxy groups -OCH3 is 1. The number of phenols is 3. The van der Waals surface area contributed by atoms with Gasteiger partial charge in [0.25, 0.3) is 0 Å². The molecule has 9 heteroatoms. The van der Waals surface area contributed by atoms with Crippen molar-refractivity contribution in [1.29, 1.82) is 0 Å². The van der Waals surface area contributed by atoms with Crippen LogP contribution in [0.5, 0.6) is 23.0 Å². The molecular weight excluding hydrogens is 574 g/mol. The van der Waals surface area contributed by atoms with Crippen molar-refractivity contribution in [2.45, 2.75) is 88.6 Å². The molecule has 0 amide bonds. The van der Waals surface area contributed by atoms with Crippen LogP contribution in [0.15, 0.2) is 48.3 Å². The Labute approximate surface area is 263 Å². The Morgan fingerprint density at radius 3 is 2.51 bits per heavy atom. The van der Waals surface area contributed by atoms with Crippen LogP contribution in [0, 0.1) is 11.8 Å². The van der Waals surface area contributed by atoms with E-state index < -0.39 is 30.3 Å². The van der Waals surface area contributed by atoms with E-state index in [9.17, 15) is 30.6 Å². The van der Waals surface area contributed by atoms with Gasteiger partial charge in [0.2, 0.25) is 5.75 Å². The number of aromatic hydroxyl groups is 3. The molecule has 0 bridgehead atoms. The summed E-state index contributed by atoms with van der Waals surface area (Å²) in [4.78, 5) is 4.15. The maximum atomic E-state index is 11.4. The Bertz CT molecular complexity index is 1530. The number of fused-ring (bicyclic) bond motifs is 1. The standard InChI is InChI=1S/C36H44NO8/c1-19-3-4-23(17-38)25(11-19)26-13-21(6-8-29(26)40)22-5-7-24-30(41)15-32(45-31(24)14-22)33-27(12-20-9-10-37-16-20)36(44-2)35(43)34(42)28(33)18-39/h4,6,8-10,13,16,19,22,24-25,30-32,38-43H,3,5,7,11-12,14-15,17-18H2,1-2H3/q-1. The fourth-order valence-electron chi connectivity index (χ4n) is 8.05. The molecule has 1 saturated carbocycles. The van der Waals surface area contributed by atoms with Gasteiger partial charge in [-0.15, -0.1) is 0 Å². The van der Waals surface area contributed by atoms with Crippen molar-refractivity contribution in [2.75, 3.05) is 13.7 Å². The van der Waals surface area contributed by atoms with Crippen LogP contribution in [-0.4, -0.2) is 56.6 Å². The van der Waals surface area contributed by atoms with Crippen molar-refractivity contribution >= 4 is 0 Å². The molecule has 1 aliphatic heterocycles. The van der Waals surface area contributed by atoms with Crippen molar-refractivity contribution in [3.8, 4) is 23.0 Å². The Balaban J connectivity index is 1.32. The second kappa shape index (κ2) is 13.1. The number of allylic oxidation sites excluding steroid dienone is 1. The number of hydrogen-bond acceptors (Lipinski definition) is 8. The van der Waals surface area contributed by atoms with E-state index in [0.29, 0.717) is 29.9 Å². The molecule has 3 aliphatic rings. The highest BCUT2D eigenvalue weighted by Crippen LogP contribution is 2.52. The normalized spacial score (nSPS) is 28.4. The summed E-state index contributed by atoms with van der Waals surface area (Å²) in [5, 5.41) is 64.4. The smallest absolute Gasteiger partial charge is 0.201 e. The number of ether oxygens (including phenoxy) is 2. The third-order valence-corrected chi connectivity index (χ3v) is 10.4. The zero-order valence-corrected chi connectivity index (χ0v) is 25.9. The molecule has 2 aromatic carbocycles. The quantitative estimate of drug-likeness (QED) is 0.150. The summed E-state index contributed by atoms with van der Waals surface area (Å²) >= 11 is 0. The Morgan fingerprint density at radius 2 is 1.80 bits per heavy atom. The summed E-state index contributed by atoms with van der Waals surface area (Å²) in [7, 11) is 1.42. The largest absolute Gasteiger partial charge is 0.670 e. The topological polar surface area (TPSA) is 154 Å². The molecule has 1 aromatic heterocycles. The van der Waals surface area contributed by atoms with Gasteiger partial charge < -0.3 is 45.1 Å². The summed E-state index contributed by atoms with van der Waals surface area (Å²) in [6.45, 7) is 1.63. The second-order valence-corrected chi connectivity index (χ2v) is 13.1. The maximum absolute atomic E-state index is 11.4. The molecule has 3 aromatic rings. The minimum absolute atomic E-state index is 0.0287. The van der Waals surface area contributed by atoms with E-state index in [-0.39, 0.29) is 53.9 Å². The van der Waals surface area contributed by atoms with Crippen LogP contribution in [-0.2, 0) is 17.8 Å².